The third-order valence-electron chi connectivity index (χ3n) is 4.27. The van der Waals surface area contributed by atoms with Gasteiger partial charge in [-0.2, -0.15) is 0 Å². The van der Waals surface area contributed by atoms with Crippen LogP contribution in [0.5, 0.6) is 11.5 Å². The molecule has 3 rings (SSSR count). The van der Waals surface area contributed by atoms with Gasteiger partial charge in [0, 0.05) is 5.69 Å². The van der Waals surface area contributed by atoms with Gasteiger partial charge in [-0.05, 0) is 44.0 Å². The molecule has 2 atom stereocenters. The van der Waals surface area contributed by atoms with E-state index in [0.717, 1.165) is 16.8 Å². The molecule has 26 heavy (non-hydrogen) atoms. The van der Waals surface area contributed by atoms with Crippen molar-refractivity contribution in [2.24, 2.45) is 0 Å². The average Bonchev–Trinajstić information content (AvgIpc) is 2.62. The van der Waals surface area contributed by atoms with Gasteiger partial charge in [0.2, 0.25) is 12.0 Å². The lowest BCUT2D eigenvalue weighted by Gasteiger charge is -2.30. The summed E-state index contributed by atoms with van der Waals surface area (Å²) in [7, 11) is 0. The molecule has 0 saturated heterocycles. The van der Waals surface area contributed by atoms with E-state index in [1.807, 2.05) is 44.2 Å². The molecule has 0 radical (unpaired) electrons. The number of anilines is 1. The van der Waals surface area contributed by atoms with Crippen molar-refractivity contribution in [3.63, 3.8) is 0 Å². The minimum absolute atomic E-state index is 0.138. The zero-order chi connectivity index (χ0) is 18.7. The predicted octanol–water partition coefficient (Wildman–Crippen LogP) is 2.59. The third kappa shape index (κ3) is 3.79. The van der Waals surface area contributed by atoms with Crippen molar-refractivity contribution in [3.8, 4) is 11.5 Å². The minimum Gasteiger partial charge on any atom is -0.482 e. The van der Waals surface area contributed by atoms with Gasteiger partial charge in [-0.25, -0.2) is 0 Å². The standard InChI is InChI=1S/C20H22N2O4/c1-12-7-6-8-13(2)18(12)22-17(23)11-21-20(24)19-14(3)25-15-9-4-5-10-16(15)26-19/h4-10,14,19H,11H2,1-3H3,(H,21,24)(H,22,23)/t14-,19+/m1/s1. The number of hydrogen-bond donors (Lipinski definition) is 2. The monoisotopic (exact) mass is 354 g/mol. The molecule has 2 aromatic carbocycles. The molecular formula is C20H22N2O4. The molecule has 0 fully saturated rings. The molecule has 0 aliphatic carbocycles. The molecule has 136 valence electrons. The molecule has 1 aliphatic rings. The number of benzene rings is 2. The van der Waals surface area contributed by atoms with E-state index in [2.05, 4.69) is 10.6 Å². The largest absolute Gasteiger partial charge is 0.482 e. The Morgan fingerprint density at radius 1 is 0.962 bits per heavy atom. The highest BCUT2D eigenvalue weighted by Crippen LogP contribution is 2.33. The second kappa shape index (κ2) is 7.47. The summed E-state index contributed by atoms with van der Waals surface area (Å²) in [6.07, 6.45) is -1.26. The van der Waals surface area contributed by atoms with Crippen LogP contribution in [0.15, 0.2) is 42.5 Å². The molecule has 1 aliphatic heterocycles. The topological polar surface area (TPSA) is 76.7 Å². The lowest BCUT2D eigenvalue weighted by molar-refractivity contribution is -0.134. The summed E-state index contributed by atoms with van der Waals surface area (Å²) in [5, 5.41) is 5.45. The second-order valence-corrected chi connectivity index (χ2v) is 6.34. The van der Waals surface area contributed by atoms with Crippen molar-refractivity contribution < 1.29 is 19.1 Å². The first kappa shape index (κ1) is 17.8. The molecule has 6 heteroatoms. The molecular weight excluding hydrogens is 332 g/mol. The number of nitrogens with one attached hydrogen (secondary N) is 2. The molecule has 0 bridgehead atoms. The molecule has 2 aromatic rings. The van der Waals surface area contributed by atoms with Gasteiger partial charge in [0.1, 0.15) is 6.10 Å². The fourth-order valence-corrected chi connectivity index (χ4v) is 2.87. The van der Waals surface area contributed by atoms with Crippen LogP contribution in [0, 0.1) is 13.8 Å². The summed E-state index contributed by atoms with van der Waals surface area (Å²) < 4.78 is 11.4. The van der Waals surface area contributed by atoms with Crippen molar-refractivity contribution in [3.05, 3.63) is 53.6 Å². The van der Waals surface area contributed by atoms with Gasteiger partial charge in [0.25, 0.3) is 5.91 Å². The molecule has 0 saturated carbocycles. The number of hydrogen-bond acceptors (Lipinski definition) is 4. The van der Waals surface area contributed by atoms with Crippen molar-refractivity contribution in [1.82, 2.24) is 5.32 Å². The van der Waals surface area contributed by atoms with Crippen LogP contribution in [-0.4, -0.2) is 30.6 Å². The Morgan fingerprint density at radius 3 is 2.23 bits per heavy atom. The van der Waals surface area contributed by atoms with E-state index in [0.29, 0.717) is 11.5 Å². The number of fused-ring (bicyclic) bond motifs is 1. The van der Waals surface area contributed by atoms with E-state index in [-0.39, 0.29) is 18.4 Å². The quantitative estimate of drug-likeness (QED) is 0.885. The molecule has 0 spiro atoms. The predicted molar refractivity (Wildman–Crippen MR) is 98.5 cm³/mol. The van der Waals surface area contributed by atoms with Crippen molar-refractivity contribution in [2.75, 3.05) is 11.9 Å². The number of amides is 2. The van der Waals surface area contributed by atoms with E-state index in [1.54, 1.807) is 19.1 Å². The number of para-hydroxylation sites is 3. The first-order valence-electron chi connectivity index (χ1n) is 8.52. The number of rotatable bonds is 4. The minimum atomic E-state index is -0.808. The van der Waals surface area contributed by atoms with Gasteiger partial charge in [0.05, 0.1) is 6.54 Å². The fraction of sp³-hybridized carbons (Fsp3) is 0.300. The second-order valence-electron chi connectivity index (χ2n) is 6.34. The van der Waals surface area contributed by atoms with Gasteiger partial charge >= 0.3 is 0 Å². The summed E-state index contributed by atoms with van der Waals surface area (Å²) in [4.78, 5) is 24.6. The van der Waals surface area contributed by atoms with E-state index in [4.69, 9.17) is 9.47 Å². The zero-order valence-corrected chi connectivity index (χ0v) is 15.0. The molecule has 2 amide bonds. The lowest BCUT2D eigenvalue weighted by atomic mass is 10.1. The summed E-state index contributed by atoms with van der Waals surface area (Å²) in [6.45, 7) is 5.47. The van der Waals surface area contributed by atoms with Gasteiger partial charge in [-0.15, -0.1) is 0 Å². The first-order valence-corrected chi connectivity index (χ1v) is 8.52. The van der Waals surface area contributed by atoms with Gasteiger partial charge in [-0.1, -0.05) is 30.3 Å². The number of carbonyl (C=O) groups excluding carboxylic acids is 2. The third-order valence-corrected chi connectivity index (χ3v) is 4.27. The van der Waals surface area contributed by atoms with Crippen LogP contribution in [0.4, 0.5) is 5.69 Å². The van der Waals surface area contributed by atoms with Crippen LogP contribution in [0.2, 0.25) is 0 Å². The summed E-state index contributed by atoms with van der Waals surface area (Å²) in [5.41, 5.74) is 2.71. The van der Waals surface area contributed by atoms with Gasteiger partial charge in [-0.3, -0.25) is 9.59 Å². The lowest BCUT2D eigenvalue weighted by Crippen LogP contribution is -2.50. The van der Waals surface area contributed by atoms with Crippen LogP contribution >= 0.6 is 0 Å². The average molecular weight is 354 g/mol. The summed E-state index contributed by atoms with van der Waals surface area (Å²) in [5.74, 6) is 0.451. The summed E-state index contributed by atoms with van der Waals surface area (Å²) in [6, 6.07) is 13.0. The van der Waals surface area contributed by atoms with Crippen LogP contribution in [0.1, 0.15) is 18.1 Å². The van der Waals surface area contributed by atoms with Crippen molar-refractivity contribution >= 4 is 17.5 Å². The van der Waals surface area contributed by atoms with E-state index < -0.39 is 12.2 Å². The number of carbonyl (C=O) groups is 2. The fourth-order valence-electron chi connectivity index (χ4n) is 2.87. The van der Waals surface area contributed by atoms with E-state index in [1.165, 1.54) is 0 Å². The molecule has 1 heterocycles. The zero-order valence-electron chi connectivity index (χ0n) is 15.0. The Hall–Kier alpha value is -3.02. The SMILES string of the molecule is Cc1cccc(C)c1NC(=O)CNC(=O)[C@H]1Oc2ccccc2O[C@@H]1C. The molecule has 6 nitrogen and oxygen atoms in total. The Morgan fingerprint density at radius 2 is 1.58 bits per heavy atom. The van der Waals surface area contributed by atoms with Gasteiger partial charge in [0.15, 0.2) is 11.5 Å². The van der Waals surface area contributed by atoms with Crippen LogP contribution < -0.4 is 20.1 Å². The maximum absolute atomic E-state index is 12.4. The van der Waals surface area contributed by atoms with Crippen LogP contribution in [-0.2, 0) is 9.59 Å². The van der Waals surface area contributed by atoms with Crippen LogP contribution in [0.3, 0.4) is 0 Å². The van der Waals surface area contributed by atoms with Crippen molar-refractivity contribution in [1.29, 1.82) is 0 Å². The molecule has 2 N–H and O–H groups in total. The Bertz CT molecular complexity index is 814. The highest BCUT2D eigenvalue weighted by atomic mass is 16.6. The Kier molecular flexibility index (Phi) is 5.11. The van der Waals surface area contributed by atoms with Gasteiger partial charge < -0.3 is 20.1 Å². The molecule has 0 unspecified atom stereocenters. The maximum Gasteiger partial charge on any atom is 0.265 e. The van der Waals surface area contributed by atoms with E-state index in [9.17, 15) is 9.59 Å². The van der Waals surface area contributed by atoms with Crippen molar-refractivity contribution in [2.45, 2.75) is 33.0 Å². The smallest absolute Gasteiger partial charge is 0.265 e. The highest BCUT2D eigenvalue weighted by Gasteiger charge is 2.34. The summed E-state index contributed by atoms with van der Waals surface area (Å²) >= 11 is 0. The first-order chi connectivity index (χ1) is 12.5. The number of aryl methyl sites for hydroxylation is 2. The normalized spacial score (nSPS) is 18.1. The van der Waals surface area contributed by atoms with E-state index >= 15 is 0 Å². The highest BCUT2D eigenvalue weighted by molar-refractivity contribution is 5.96. The molecule has 0 aromatic heterocycles. The maximum atomic E-state index is 12.4. The van der Waals surface area contributed by atoms with Crippen LogP contribution in [0.25, 0.3) is 0 Å². The number of ether oxygens (including phenoxy) is 2. The Labute approximate surface area is 152 Å². The Balaban J connectivity index is 1.58.